The molecule has 2 aromatic heterocycles. The zero-order chi connectivity index (χ0) is 14.7. The van der Waals surface area contributed by atoms with Crippen LogP contribution < -0.4 is 0 Å². The molecule has 0 saturated heterocycles. The van der Waals surface area contributed by atoms with Gasteiger partial charge in [0.1, 0.15) is 0 Å². The number of aryl methyl sites for hydroxylation is 3. The van der Waals surface area contributed by atoms with Crippen LogP contribution in [0.25, 0.3) is 5.69 Å². The molecule has 20 heavy (non-hydrogen) atoms. The van der Waals surface area contributed by atoms with Crippen LogP contribution in [-0.2, 0) is 24.7 Å². The molecule has 0 aliphatic rings. The largest absolute Gasteiger partial charge is 0.481 e. The average Bonchev–Trinajstić information content (AvgIpc) is 2.98. The summed E-state index contributed by atoms with van der Waals surface area (Å²) in [5.74, 6) is -0.841. The summed E-state index contributed by atoms with van der Waals surface area (Å²) in [6, 6.07) is 0. The molecule has 7 heteroatoms. The lowest BCUT2D eigenvalue weighted by atomic mass is 10.3. The number of carboxylic acids is 1. The summed E-state index contributed by atoms with van der Waals surface area (Å²) in [5, 5.41) is 14.0. The number of hydrogen-bond acceptors (Lipinski definition) is 4. The third kappa shape index (κ3) is 2.87. The number of carbonyl (C=O) groups is 1. The average molecular weight is 294 g/mol. The van der Waals surface area contributed by atoms with E-state index in [-0.39, 0.29) is 5.75 Å². The molecule has 2 rings (SSSR count). The highest BCUT2D eigenvalue weighted by Crippen LogP contribution is 2.25. The Morgan fingerprint density at radius 1 is 1.40 bits per heavy atom. The third-order valence-electron chi connectivity index (χ3n) is 2.95. The molecular weight excluding hydrogens is 276 g/mol. The monoisotopic (exact) mass is 294 g/mol. The topological polar surface area (TPSA) is 72.9 Å². The van der Waals surface area contributed by atoms with E-state index in [4.69, 9.17) is 5.11 Å². The van der Waals surface area contributed by atoms with Gasteiger partial charge in [0, 0.05) is 25.1 Å². The van der Waals surface area contributed by atoms with Crippen LogP contribution in [0.4, 0.5) is 0 Å². The molecule has 0 bridgehead atoms. The van der Waals surface area contributed by atoms with Gasteiger partial charge in [-0.05, 0) is 12.8 Å². The van der Waals surface area contributed by atoms with Gasteiger partial charge < -0.3 is 5.11 Å². The Balaban J connectivity index is 2.47. The number of thioether (sulfide) groups is 1. The Kier molecular flexibility index (Phi) is 4.49. The molecule has 0 aromatic carbocycles. The summed E-state index contributed by atoms with van der Waals surface area (Å²) in [6.45, 7) is 4.11. The van der Waals surface area contributed by atoms with Crippen LogP contribution in [0.5, 0.6) is 0 Å². The zero-order valence-electron chi connectivity index (χ0n) is 11.8. The molecule has 0 atom stereocenters. The van der Waals surface area contributed by atoms with E-state index in [1.807, 2.05) is 17.8 Å². The summed E-state index contributed by atoms with van der Waals surface area (Å²) in [4.78, 5) is 15.1. The lowest BCUT2D eigenvalue weighted by molar-refractivity contribution is -0.133. The van der Waals surface area contributed by atoms with E-state index in [2.05, 4.69) is 23.9 Å². The molecular formula is C13H18N4O2S. The standard InChI is InChI=1S/C13H18N4O2S/c1-4-9-6-14-13(20-8-12(18)19)17(9)11-7-16(3)15-10(11)5-2/h6-7H,4-5,8H2,1-3H3,(H,18,19). The molecule has 0 saturated carbocycles. The fourth-order valence-corrected chi connectivity index (χ4v) is 2.79. The summed E-state index contributed by atoms with van der Waals surface area (Å²) in [7, 11) is 1.88. The lowest BCUT2D eigenvalue weighted by Crippen LogP contribution is -2.05. The molecule has 0 unspecified atom stereocenters. The van der Waals surface area contributed by atoms with E-state index < -0.39 is 5.97 Å². The second-order valence-electron chi connectivity index (χ2n) is 4.39. The van der Waals surface area contributed by atoms with Crippen molar-refractivity contribution in [3.8, 4) is 5.69 Å². The van der Waals surface area contributed by atoms with E-state index in [1.165, 1.54) is 11.8 Å². The van der Waals surface area contributed by atoms with E-state index in [1.54, 1.807) is 10.9 Å². The molecule has 0 aliphatic heterocycles. The summed E-state index contributed by atoms with van der Waals surface area (Å²) < 4.78 is 3.79. The number of hydrogen-bond donors (Lipinski definition) is 1. The zero-order valence-corrected chi connectivity index (χ0v) is 12.6. The van der Waals surface area contributed by atoms with Crippen molar-refractivity contribution < 1.29 is 9.90 Å². The number of carboxylic acid groups (broad SMARTS) is 1. The minimum atomic E-state index is -0.843. The van der Waals surface area contributed by atoms with Gasteiger partial charge in [0.25, 0.3) is 0 Å². The molecule has 0 spiro atoms. The Hall–Kier alpha value is -1.76. The number of aromatic nitrogens is 4. The van der Waals surface area contributed by atoms with Gasteiger partial charge >= 0.3 is 5.97 Å². The predicted octanol–water partition coefficient (Wildman–Crippen LogP) is 1.91. The van der Waals surface area contributed by atoms with Crippen LogP contribution in [-0.4, -0.2) is 36.2 Å². The van der Waals surface area contributed by atoms with Crippen LogP contribution in [0, 0.1) is 0 Å². The van der Waals surface area contributed by atoms with Crippen molar-refractivity contribution in [2.75, 3.05) is 5.75 Å². The van der Waals surface area contributed by atoms with E-state index >= 15 is 0 Å². The Bertz CT molecular complexity index is 618. The highest BCUT2D eigenvalue weighted by atomic mass is 32.2. The van der Waals surface area contributed by atoms with Crippen molar-refractivity contribution in [2.24, 2.45) is 7.05 Å². The summed E-state index contributed by atoms with van der Waals surface area (Å²) in [6.07, 6.45) is 5.40. The van der Waals surface area contributed by atoms with Gasteiger partial charge in [-0.2, -0.15) is 5.10 Å². The van der Waals surface area contributed by atoms with Gasteiger partial charge in [-0.1, -0.05) is 25.6 Å². The smallest absolute Gasteiger partial charge is 0.313 e. The normalized spacial score (nSPS) is 10.9. The van der Waals surface area contributed by atoms with Crippen LogP contribution in [0.15, 0.2) is 17.6 Å². The maximum atomic E-state index is 10.7. The van der Waals surface area contributed by atoms with Gasteiger partial charge in [-0.15, -0.1) is 0 Å². The first-order chi connectivity index (χ1) is 9.56. The first kappa shape index (κ1) is 14.6. The number of imidazole rings is 1. The molecule has 2 heterocycles. The molecule has 6 nitrogen and oxygen atoms in total. The summed E-state index contributed by atoms with van der Waals surface area (Å²) in [5.41, 5.74) is 3.02. The van der Waals surface area contributed by atoms with Crippen molar-refractivity contribution in [3.05, 3.63) is 23.8 Å². The van der Waals surface area contributed by atoms with Gasteiger partial charge in [0.05, 0.1) is 17.1 Å². The highest BCUT2D eigenvalue weighted by Gasteiger charge is 2.17. The van der Waals surface area contributed by atoms with Gasteiger partial charge in [0.15, 0.2) is 5.16 Å². The van der Waals surface area contributed by atoms with Crippen LogP contribution >= 0.6 is 11.8 Å². The minimum Gasteiger partial charge on any atom is -0.481 e. The molecule has 0 aliphatic carbocycles. The Morgan fingerprint density at radius 3 is 2.75 bits per heavy atom. The van der Waals surface area contributed by atoms with E-state index in [0.29, 0.717) is 5.16 Å². The first-order valence-corrected chi connectivity index (χ1v) is 7.49. The van der Waals surface area contributed by atoms with E-state index in [0.717, 1.165) is 29.9 Å². The van der Waals surface area contributed by atoms with Gasteiger partial charge in [-0.3, -0.25) is 14.0 Å². The van der Waals surface area contributed by atoms with Crippen LogP contribution in [0.1, 0.15) is 25.2 Å². The maximum absolute atomic E-state index is 10.7. The SMILES string of the molecule is CCc1nn(C)cc1-n1c(CC)cnc1SCC(=O)O. The molecule has 2 aromatic rings. The number of aliphatic carboxylic acids is 1. The molecule has 1 N–H and O–H groups in total. The predicted molar refractivity (Wildman–Crippen MR) is 77.4 cm³/mol. The minimum absolute atomic E-state index is 0.00187. The van der Waals surface area contributed by atoms with Crippen LogP contribution in [0.2, 0.25) is 0 Å². The first-order valence-electron chi connectivity index (χ1n) is 6.50. The fraction of sp³-hybridized carbons (Fsp3) is 0.462. The fourth-order valence-electron chi connectivity index (χ4n) is 2.06. The Morgan fingerprint density at radius 2 is 2.15 bits per heavy atom. The van der Waals surface area contributed by atoms with Crippen molar-refractivity contribution in [3.63, 3.8) is 0 Å². The van der Waals surface area contributed by atoms with Crippen molar-refractivity contribution in [2.45, 2.75) is 31.8 Å². The van der Waals surface area contributed by atoms with Gasteiger partial charge in [0.2, 0.25) is 0 Å². The third-order valence-corrected chi connectivity index (χ3v) is 3.89. The second-order valence-corrected chi connectivity index (χ2v) is 5.33. The van der Waals surface area contributed by atoms with Crippen molar-refractivity contribution in [1.82, 2.24) is 19.3 Å². The van der Waals surface area contributed by atoms with Crippen molar-refractivity contribution >= 4 is 17.7 Å². The lowest BCUT2D eigenvalue weighted by Gasteiger charge is -2.09. The molecule has 0 fully saturated rings. The van der Waals surface area contributed by atoms with Crippen molar-refractivity contribution in [1.29, 1.82) is 0 Å². The number of rotatable bonds is 6. The molecule has 0 amide bonds. The maximum Gasteiger partial charge on any atom is 0.313 e. The van der Waals surface area contributed by atoms with E-state index in [9.17, 15) is 4.79 Å². The Labute approximate surface area is 121 Å². The highest BCUT2D eigenvalue weighted by molar-refractivity contribution is 7.99. The molecule has 0 radical (unpaired) electrons. The van der Waals surface area contributed by atoms with Gasteiger partial charge in [-0.25, -0.2) is 4.98 Å². The van der Waals surface area contributed by atoms with Crippen LogP contribution in [0.3, 0.4) is 0 Å². The second kappa shape index (κ2) is 6.13. The number of nitrogens with zero attached hydrogens (tertiary/aromatic N) is 4. The quantitative estimate of drug-likeness (QED) is 0.824. The summed E-state index contributed by atoms with van der Waals surface area (Å²) >= 11 is 1.23. The molecule has 108 valence electrons.